The number of hydrogen-bond acceptors (Lipinski definition) is 2. The maximum absolute atomic E-state index is 4.95. The molecule has 8 aliphatic rings. The van der Waals surface area contributed by atoms with Gasteiger partial charge in [0.2, 0.25) is 0 Å². The Morgan fingerprint density at radius 3 is 1.54 bits per heavy atom. The van der Waals surface area contributed by atoms with E-state index in [1.165, 1.54) is 11.7 Å². The van der Waals surface area contributed by atoms with Crippen molar-refractivity contribution in [2.45, 2.75) is 86.8 Å². The van der Waals surface area contributed by atoms with Crippen molar-refractivity contribution in [1.82, 2.24) is 9.97 Å². The minimum absolute atomic E-state index is 0.0623. The minimum Gasteiger partial charge on any atom is -0.260 e. The lowest BCUT2D eigenvalue weighted by molar-refractivity contribution is 0.0129. The third kappa shape index (κ3) is 4.20. The van der Waals surface area contributed by atoms with Gasteiger partial charge in [-0.3, -0.25) is 9.97 Å². The summed E-state index contributed by atoms with van der Waals surface area (Å²) < 4.78 is 0. The summed E-state index contributed by atoms with van der Waals surface area (Å²) in [6, 6.07) is 20.0. The second kappa shape index (κ2) is 10.0. The first-order valence-corrected chi connectivity index (χ1v) is 19.0. The Bertz CT molecular complexity index is 1240. The number of rotatable bonds is 7. The molecule has 41 heavy (non-hydrogen) atoms. The fourth-order valence-corrected chi connectivity index (χ4v) is 17.3. The summed E-state index contributed by atoms with van der Waals surface area (Å²) in [7, 11) is 3.19. The first kappa shape index (κ1) is 26.0. The van der Waals surface area contributed by atoms with Crippen molar-refractivity contribution >= 4 is 17.2 Å². The van der Waals surface area contributed by atoms with Crippen molar-refractivity contribution in [1.29, 1.82) is 0 Å². The van der Waals surface area contributed by atoms with Crippen LogP contribution in [0.15, 0.2) is 67.0 Å². The van der Waals surface area contributed by atoms with E-state index in [2.05, 4.69) is 51.7 Å². The van der Waals surface area contributed by atoms with Gasteiger partial charge in [0.25, 0.3) is 0 Å². The fourth-order valence-electron chi connectivity index (χ4n) is 12.1. The molecule has 1 aromatic carbocycles. The minimum atomic E-state index is -0.420. The van der Waals surface area contributed by atoms with Gasteiger partial charge in [-0.25, -0.2) is 6.07 Å². The van der Waals surface area contributed by atoms with E-state index in [1.807, 2.05) is 24.5 Å². The lowest BCUT2D eigenvalue weighted by Crippen LogP contribution is -2.52. The van der Waals surface area contributed by atoms with Crippen molar-refractivity contribution < 1.29 is 0 Å². The third-order valence-corrected chi connectivity index (χ3v) is 17.8. The molecule has 0 spiro atoms. The highest BCUT2D eigenvalue weighted by molar-refractivity contribution is 7.58. The van der Waals surface area contributed by atoms with Gasteiger partial charge in [0.15, 0.2) is 0 Å². The van der Waals surface area contributed by atoms with Crippen LogP contribution in [-0.2, 0) is 11.3 Å². The van der Waals surface area contributed by atoms with Crippen LogP contribution in [0.4, 0.5) is 0 Å². The molecule has 1 unspecified atom stereocenters. The molecular formula is C37H45N2P2-. The molecule has 214 valence electrons. The Morgan fingerprint density at radius 2 is 1.12 bits per heavy atom. The first-order chi connectivity index (χ1) is 20.1. The predicted molar refractivity (Wildman–Crippen MR) is 172 cm³/mol. The zero-order valence-corrected chi connectivity index (χ0v) is 26.4. The Balaban J connectivity index is 1.14. The van der Waals surface area contributed by atoms with Crippen LogP contribution < -0.4 is 0 Å². The SMILES string of the molecule is PC(c1ccccn1)(c1ccccn1)c1[cH-]ccc1CP(C1C2CC3CC(C2)CC1C3)C1C2CC3CC(C2)CC1C3. The second-order valence-corrected chi connectivity index (χ2v) is 18.6. The highest BCUT2D eigenvalue weighted by Crippen LogP contribution is 2.72. The topological polar surface area (TPSA) is 25.8 Å². The second-order valence-electron chi connectivity index (χ2n) is 15.2. The quantitative estimate of drug-likeness (QED) is 0.206. The Hall–Kier alpha value is -1.49. The molecule has 0 N–H and O–H groups in total. The monoisotopic (exact) mass is 579 g/mol. The van der Waals surface area contributed by atoms with Crippen LogP contribution in [0, 0.1) is 47.3 Å². The summed E-state index contributed by atoms with van der Waals surface area (Å²) in [6.45, 7) is 0. The molecule has 8 aliphatic carbocycles. The van der Waals surface area contributed by atoms with Gasteiger partial charge >= 0.3 is 0 Å². The summed E-state index contributed by atoms with van der Waals surface area (Å²) in [5.41, 5.74) is 7.25. The molecule has 8 bridgehead atoms. The van der Waals surface area contributed by atoms with E-state index in [0.717, 1.165) is 70.0 Å². The number of nitrogens with zero attached hydrogens (tertiary/aromatic N) is 2. The zero-order chi connectivity index (χ0) is 27.1. The molecule has 2 heterocycles. The Kier molecular flexibility index (Phi) is 6.35. The lowest BCUT2D eigenvalue weighted by Gasteiger charge is -2.62. The predicted octanol–water partition coefficient (Wildman–Crippen LogP) is 8.99. The van der Waals surface area contributed by atoms with Crippen molar-refractivity contribution in [2.75, 3.05) is 0 Å². The van der Waals surface area contributed by atoms with Gasteiger partial charge in [0.1, 0.15) is 0 Å². The highest BCUT2D eigenvalue weighted by Gasteiger charge is 2.56. The molecule has 3 aromatic rings. The molecule has 2 nitrogen and oxygen atoms in total. The summed E-state index contributed by atoms with van der Waals surface area (Å²) in [5, 5.41) is -0.420. The molecule has 4 heteroatoms. The van der Waals surface area contributed by atoms with Gasteiger partial charge < -0.3 is 0 Å². The molecule has 0 radical (unpaired) electrons. The van der Waals surface area contributed by atoms with Gasteiger partial charge in [-0.05, 0) is 147 Å². The summed E-state index contributed by atoms with van der Waals surface area (Å²) in [4.78, 5) is 9.89. The molecule has 1 atom stereocenters. The Labute approximate surface area is 250 Å². The summed E-state index contributed by atoms with van der Waals surface area (Å²) in [6.07, 6.45) is 20.9. The van der Waals surface area contributed by atoms with E-state index in [9.17, 15) is 0 Å². The van der Waals surface area contributed by atoms with Crippen molar-refractivity contribution in [3.05, 3.63) is 89.5 Å². The third-order valence-electron chi connectivity index (χ3n) is 12.9. The van der Waals surface area contributed by atoms with Crippen LogP contribution in [0.1, 0.15) is 86.7 Å². The fraction of sp³-hybridized carbons (Fsp3) is 0.595. The van der Waals surface area contributed by atoms with E-state index in [0.29, 0.717) is 0 Å². The van der Waals surface area contributed by atoms with Gasteiger partial charge in [-0.1, -0.05) is 18.3 Å². The molecule has 0 saturated heterocycles. The van der Waals surface area contributed by atoms with E-state index >= 15 is 0 Å². The maximum Gasteiger partial charge on any atom is 0.0709 e. The van der Waals surface area contributed by atoms with Crippen LogP contribution in [0.3, 0.4) is 0 Å². The lowest BCUT2D eigenvalue weighted by atomic mass is 9.55. The van der Waals surface area contributed by atoms with Crippen LogP contribution in [0.5, 0.6) is 0 Å². The summed E-state index contributed by atoms with van der Waals surface area (Å²) in [5.74, 6) is 8.36. The van der Waals surface area contributed by atoms with E-state index < -0.39 is 5.16 Å². The number of hydrogen-bond donors (Lipinski definition) is 0. The van der Waals surface area contributed by atoms with Crippen LogP contribution in [-0.4, -0.2) is 21.3 Å². The number of pyridine rings is 2. The molecule has 0 amide bonds. The molecule has 0 aliphatic heterocycles. The largest absolute Gasteiger partial charge is 0.260 e. The highest BCUT2D eigenvalue weighted by atomic mass is 31.1. The molecular weight excluding hydrogens is 534 g/mol. The van der Waals surface area contributed by atoms with E-state index in [-0.39, 0.29) is 7.92 Å². The standard InChI is InChI=1S/C37H45N2P2/c40-37(33-8-1-3-10-38-33,34-9-2-4-11-39-34)32-7-5-6-27(32)22-41(35-28-14-23-12-24(16-28)17-29(35)15-23)36-30-18-25-13-26(20-30)21-31(36)19-25/h1-11,23-26,28-31,35-36H,12-22,40H2/q-1. The smallest absolute Gasteiger partial charge is 0.0709 e. The average Bonchev–Trinajstić information content (AvgIpc) is 3.45. The van der Waals surface area contributed by atoms with Gasteiger partial charge in [0, 0.05) is 12.4 Å². The van der Waals surface area contributed by atoms with Crippen molar-refractivity contribution in [3.8, 4) is 0 Å². The molecule has 8 fully saturated rings. The Morgan fingerprint density at radius 1 is 0.659 bits per heavy atom. The van der Waals surface area contributed by atoms with Gasteiger partial charge in [-0.15, -0.1) is 22.7 Å². The van der Waals surface area contributed by atoms with E-state index in [4.69, 9.17) is 9.97 Å². The molecule has 11 rings (SSSR count). The van der Waals surface area contributed by atoms with Crippen LogP contribution in [0.25, 0.3) is 0 Å². The van der Waals surface area contributed by atoms with Gasteiger partial charge in [0.05, 0.1) is 16.5 Å². The van der Waals surface area contributed by atoms with Crippen molar-refractivity contribution in [3.63, 3.8) is 0 Å². The van der Waals surface area contributed by atoms with E-state index in [1.54, 1.807) is 69.8 Å². The summed E-state index contributed by atoms with van der Waals surface area (Å²) >= 11 is 0. The van der Waals surface area contributed by atoms with Gasteiger partial charge in [-0.2, -0.15) is 17.7 Å². The normalized spacial score (nSPS) is 39.3. The number of aromatic nitrogens is 2. The van der Waals surface area contributed by atoms with Crippen LogP contribution >= 0.6 is 17.2 Å². The maximum atomic E-state index is 4.95. The zero-order valence-electron chi connectivity index (χ0n) is 24.3. The average molecular weight is 580 g/mol. The molecule has 8 saturated carbocycles. The van der Waals surface area contributed by atoms with Crippen molar-refractivity contribution in [2.24, 2.45) is 47.3 Å². The molecule has 2 aromatic heterocycles. The first-order valence-electron chi connectivity index (χ1n) is 16.8. The van der Waals surface area contributed by atoms with Crippen LogP contribution in [0.2, 0.25) is 0 Å².